The Balaban J connectivity index is 3.73. The molecule has 1 heterocycles. The van der Waals surface area contributed by atoms with Crippen LogP contribution in [-0.2, 0) is 56.7 Å². The fourth-order valence-electron chi connectivity index (χ4n) is 13.7. The van der Waals surface area contributed by atoms with Crippen LogP contribution in [0.1, 0.15) is 408 Å². The summed E-state index contributed by atoms with van der Waals surface area (Å²) in [7, 11) is -5.44. The second kappa shape index (κ2) is 68.6. The Hall–Kier alpha value is -2.25. The van der Waals surface area contributed by atoms with Crippen LogP contribution in [0.2, 0.25) is 0 Å². The molecule has 0 radical (unpaired) electrons. The molecule has 3 unspecified atom stereocenters. The Kier molecular flexibility index (Phi) is 65.6. The van der Waals surface area contributed by atoms with Crippen molar-refractivity contribution in [3.63, 3.8) is 0 Å². The zero-order valence-corrected chi connectivity index (χ0v) is 66.1. The number of carboxylic acid groups (broad SMARTS) is 1. The number of hydrogen-bond acceptors (Lipinski definition) is 13. The van der Waals surface area contributed by atoms with E-state index in [0.717, 1.165) is 148 Å². The number of esters is 1. The first-order chi connectivity index (χ1) is 48.7. The van der Waals surface area contributed by atoms with Gasteiger partial charge in [-0.15, -0.1) is 0 Å². The first-order valence-corrected chi connectivity index (χ1v) is 43.7. The maximum atomic E-state index is 14.8. The summed E-state index contributed by atoms with van der Waals surface area (Å²) in [6, 6.07) is -3.22. The number of unbranched alkanes of at least 4 members (excludes halogenated alkanes) is 45. The highest BCUT2D eigenvalue weighted by Gasteiger charge is 2.52. The van der Waals surface area contributed by atoms with Crippen LogP contribution < -0.4 is 10.6 Å². The van der Waals surface area contributed by atoms with Gasteiger partial charge in [-0.25, -0.2) is 9.36 Å². The van der Waals surface area contributed by atoms with E-state index in [-0.39, 0.29) is 19.3 Å². The second-order valence-electron chi connectivity index (χ2n) is 29.5. The Bertz CT molecular complexity index is 1850. The molecule has 0 bridgehead atoms. The Morgan fingerprint density at radius 2 is 0.710 bits per heavy atom. The van der Waals surface area contributed by atoms with Gasteiger partial charge in [0.2, 0.25) is 11.8 Å². The van der Waals surface area contributed by atoms with Crippen molar-refractivity contribution in [1.29, 1.82) is 0 Å². The quantitative estimate of drug-likeness (QED) is 0.0188. The van der Waals surface area contributed by atoms with Crippen molar-refractivity contribution in [1.82, 2.24) is 10.6 Å². The van der Waals surface area contributed by atoms with Gasteiger partial charge in [0, 0.05) is 19.8 Å². The molecule has 1 rings (SSSR count). The molecule has 18 nitrogen and oxygen atoms in total. The van der Waals surface area contributed by atoms with E-state index < -0.39 is 99.8 Å². The summed E-state index contributed by atoms with van der Waals surface area (Å²) < 4.78 is 56.7. The van der Waals surface area contributed by atoms with E-state index in [4.69, 9.17) is 32.9 Å². The predicted molar refractivity (Wildman–Crippen MR) is 406 cm³/mol. The number of rotatable bonds is 76. The van der Waals surface area contributed by atoms with Crippen molar-refractivity contribution >= 4 is 31.6 Å². The Morgan fingerprint density at radius 3 is 1.02 bits per heavy atom. The zero-order chi connectivity index (χ0) is 73.2. The number of hydrogen-bond donors (Lipinski definition) is 6. The van der Waals surface area contributed by atoms with Crippen molar-refractivity contribution in [2.75, 3.05) is 33.0 Å². The Morgan fingerprint density at radius 1 is 0.410 bits per heavy atom. The molecular formula is C81H157N2O16P. The lowest BCUT2D eigenvalue weighted by molar-refractivity contribution is -0.272. The lowest BCUT2D eigenvalue weighted by atomic mass is 9.95. The van der Waals surface area contributed by atoms with Gasteiger partial charge in [-0.2, -0.15) is 0 Å². The molecule has 0 aliphatic carbocycles. The van der Waals surface area contributed by atoms with E-state index in [1.54, 1.807) is 0 Å². The maximum Gasteiger partial charge on any atom is 0.470 e. The lowest BCUT2D eigenvalue weighted by Crippen LogP contribution is -2.66. The van der Waals surface area contributed by atoms with Crippen LogP contribution in [0.5, 0.6) is 0 Å². The molecule has 0 saturated carbocycles. The highest BCUT2D eigenvalue weighted by atomic mass is 31.2. The van der Waals surface area contributed by atoms with E-state index in [1.165, 1.54) is 180 Å². The van der Waals surface area contributed by atoms with Gasteiger partial charge in [0.25, 0.3) is 0 Å². The van der Waals surface area contributed by atoms with Crippen molar-refractivity contribution < 1.29 is 76.7 Å². The number of carbonyl (C=O) groups excluding carboxylic acids is 3. The van der Waals surface area contributed by atoms with E-state index in [1.807, 2.05) is 0 Å². The number of aliphatic hydroxyl groups is 1. The van der Waals surface area contributed by atoms with Crippen LogP contribution in [0.15, 0.2) is 0 Å². The number of carboxylic acids is 1. The summed E-state index contributed by atoms with van der Waals surface area (Å²) in [5.74, 6) is -3.33. The maximum absolute atomic E-state index is 14.8. The number of phosphoric ester groups is 1. The predicted octanol–water partition coefficient (Wildman–Crippen LogP) is 20.7. The van der Waals surface area contributed by atoms with E-state index >= 15 is 0 Å². The first-order valence-electron chi connectivity index (χ1n) is 42.1. The monoisotopic (exact) mass is 1450 g/mol. The van der Waals surface area contributed by atoms with E-state index in [9.17, 15) is 43.7 Å². The summed E-state index contributed by atoms with van der Waals surface area (Å²) in [4.78, 5) is 77.7. The number of nitrogens with one attached hydrogen (secondary N) is 2. The SMILES string of the molecule is CCCCCCCCCCC[C@H](CC(=O)NC1C(OC(=O)C[C@@H](CCCCCCCCCCC)OCCCCCCCCCC)[C@H](OP(=O)(O)O)C(CO)O[C@H]1OC[C@H](NC(=O)C[C@@H](CCCCCCCCCCC)OCCCCCCCCCC)C(=O)O)OCCCCCCCCCC. The number of phosphoric acid groups is 1. The molecule has 6 N–H and O–H groups in total. The second-order valence-corrected chi connectivity index (χ2v) is 30.7. The van der Waals surface area contributed by atoms with Crippen molar-refractivity contribution in [3.05, 3.63) is 0 Å². The van der Waals surface area contributed by atoms with Crippen LogP contribution in [0.4, 0.5) is 0 Å². The minimum Gasteiger partial charge on any atom is -0.480 e. The van der Waals surface area contributed by atoms with Crippen molar-refractivity contribution in [2.24, 2.45) is 0 Å². The molecule has 1 fully saturated rings. The average molecular weight is 1450 g/mol. The smallest absolute Gasteiger partial charge is 0.470 e. The van der Waals surface area contributed by atoms with Gasteiger partial charge in [0.05, 0.1) is 50.8 Å². The van der Waals surface area contributed by atoms with Gasteiger partial charge in [0.1, 0.15) is 18.2 Å². The van der Waals surface area contributed by atoms with Crippen LogP contribution >= 0.6 is 7.82 Å². The van der Waals surface area contributed by atoms with Gasteiger partial charge in [-0.05, 0) is 38.5 Å². The van der Waals surface area contributed by atoms with Gasteiger partial charge in [-0.1, -0.05) is 350 Å². The summed E-state index contributed by atoms with van der Waals surface area (Å²) >= 11 is 0. The highest BCUT2D eigenvalue weighted by Crippen LogP contribution is 2.42. The molecular weight excluding hydrogens is 1290 g/mol. The molecule has 100 heavy (non-hydrogen) atoms. The number of carbonyl (C=O) groups is 4. The molecule has 0 aromatic carbocycles. The van der Waals surface area contributed by atoms with Crippen LogP contribution in [0, 0.1) is 0 Å². The first kappa shape index (κ1) is 95.8. The summed E-state index contributed by atoms with van der Waals surface area (Å²) in [6.45, 7) is 13.0. The third kappa shape index (κ3) is 56.1. The summed E-state index contributed by atoms with van der Waals surface area (Å²) in [6.07, 6.45) is 50.2. The normalized spacial score (nSPS) is 17.7. The molecule has 0 aromatic heterocycles. The van der Waals surface area contributed by atoms with Gasteiger partial charge in [-0.3, -0.25) is 18.9 Å². The largest absolute Gasteiger partial charge is 0.480 e. The van der Waals surface area contributed by atoms with Crippen molar-refractivity contribution in [3.8, 4) is 0 Å². The van der Waals surface area contributed by atoms with Crippen LogP contribution in [-0.4, -0.2) is 132 Å². The molecule has 1 aliphatic rings. The topological polar surface area (TPSA) is 255 Å². The fraction of sp³-hybridized carbons (Fsp3) is 0.951. The van der Waals surface area contributed by atoms with E-state index in [2.05, 4.69) is 52.2 Å². The molecule has 9 atom stereocenters. The number of amides is 2. The van der Waals surface area contributed by atoms with Crippen LogP contribution in [0.25, 0.3) is 0 Å². The molecule has 1 aliphatic heterocycles. The number of ether oxygens (including phenoxy) is 6. The highest BCUT2D eigenvalue weighted by molar-refractivity contribution is 7.46. The zero-order valence-electron chi connectivity index (χ0n) is 65.2. The summed E-state index contributed by atoms with van der Waals surface area (Å²) in [5.41, 5.74) is 0. The third-order valence-electron chi connectivity index (χ3n) is 19.9. The standard InChI is InChI=1S/C81H157N2O16P/c1-7-13-19-25-31-37-40-46-52-58-69(93-61-55-49-43-34-28-22-16-10-4)64-74(85)82-72(80(88)89)68-96-81-77(83-75(86)65-70(59-53-47-41-38-32-26-20-14-8-2)94-62-56-50-44-35-29-23-17-11-5)79(78(73(67-84)97-81)99-100(90,91)92)98-76(87)66-71(60-54-48-42-39-33-27-21-15-9-3)95-63-57-51-45-36-30-24-18-12-6/h69-73,77-79,81,84H,7-68H2,1-6H3,(H,82,85)(H,83,86)(H,88,89)(H2,90,91,92)/t69-,70-,71-,72+,73?,77?,78-,79?,81-/m1/s1. The van der Waals surface area contributed by atoms with Crippen molar-refractivity contribution in [2.45, 2.75) is 463 Å². The number of aliphatic carboxylic acids is 1. The van der Waals surface area contributed by atoms with Crippen LogP contribution in [0.3, 0.4) is 0 Å². The minimum atomic E-state index is -5.44. The number of aliphatic hydroxyl groups excluding tert-OH is 1. The summed E-state index contributed by atoms with van der Waals surface area (Å²) in [5, 5.41) is 27.3. The molecule has 19 heteroatoms. The molecule has 1 saturated heterocycles. The molecule has 0 spiro atoms. The van der Waals surface area contributed by atoms with Gasteiger partial charge < -0.3 is 59.1 Å². The van der Waals surface area contributed by atoms with Gasteiger partial charge in [0.15, 0.2) is 18.4 Å². The average Bonchev–Trinajstić information content (AvgIpc) is 0.781. The molecule has 2 amide bonds. The Labute approximate surface area is 611 Å². The van der Waals surface area contributed by atoms with E-state index in [0.29, 0.717) is 39.1 Å². The lowest BCUT2D eigenvalue weighted by Gasteiger charge is -2.45. The van der Waals surface area contributed by atoms with Gasteiger partial charge >= 0.3 is 19.8 Å². The minimum absolute atomic E-state index is 0.0767. The molecule has 0 aromatic rings. The third-order valence-corrected chi connectivity index (χ3v) is 20.4. The molecule has 592 valence electrons. The fourth-order valence-corrected chi connectivity index (χ4v) is 14.2.